The number of hydrogen-bond acceptors (Lipinski definition) is 5. The molecule has 8 heteroatoms. The van der Waals surface area contributed by atoms with E-state index in [9.17, 15) is 13.2 Å². The van der Waals surface area contributed by atoms with Crippen molar-refractivity contribution < 1.29 is 17.9 Å². The maximum Gasteiger partial charge on any atom is 0.235 e. The topological polar surface area (TPSA) is 79.0 Å². The number of rotatable bonds is 10. The molecule has 1 amide bonds. The second-order valence-corrected chi connectivity index (χ2v) is 7.79. The first-order valence-corrected chi connectivity index (χ1v) is 9.57. The van der Waals surface area contributed by atoms with Gasteiger partial charge in [-0.2, -0.15) is 4.31 Å². The number of ether oxygens (including phenoxy) is 1. The fourth-order valence-electron chi connectivity index (χ4n) is 2.15. The van der Waals surface area contributed by atoms with E-state index in [-0.39, 0.29) is 19.0 Å². The first kappa shape index (κ1) is 20.4. The number of amides is 1. The number of sulfonamides is 1. The highest BCUT2D eigenvalue weighted by molar-refractivity contribution is 7.88. The van der Waals surface area contributed by atoms with Crippen molar-refractivity contribution in [2.24, 2.45) is 0 Å². The number of methoxy groups -OCH3 is 1. The molecule has 24 heavy (non-hydrogen) atoms. The molecule has 0 fully saturated rings. The summed E-state index contributed by atoms with van der Waals surface area (Å²) in [6.07, 6.45) is 1.59. The Bertz CT molecular complexity index is 632. The van der Waals surface area contributed by atoms with Gasteiger partial charge in [-0.3, -0.25) is 4.79 Å². The Morgan fingerprint density at radius 3 is 2.46 bits per heavy atom. The van der Waals surface area contributed by atoms with Crippen LogP contribution in [0.1, 0.15) is 5.56 Å². The summed E-state index contributed by atoms with van der Waals surface area (Å²) >= 11 is 0. The predicted molar refractivity (Wildman–Crippen MR) is 94.7 cm³/mol. The van der Waals surface area contributed by atoms with Gasteiger partial charge in [-0.15, -0.1) is 0 Å². The molecule has 0 atom stereocenters. The van der Waals surface area contributed by atoms with Crippen LogP contribution in [-0.4, -0.2) is 77.2 Å². The van der Waals surface area contributed by atoms with Crippen LogP contribution in [-0.2, 0) is 21.2 Å². The normalized spacial score (nSPS) is 11.8. The van der Waals surface area contributed by atoms with Gasteiger partial charge in [0.05, 0.1) is 19.9 Å². The first-order valence-electron chi connectivity index (χ1n) is 7.72. The van der Waals surface area contributed by atoms with E-state index in [1.54, 1.807) is 7.11 Å². The van der Waals surface area contributed by atoms with Crippen molar-refractivity contribution in [3.63, 3.8) is 0 Å². The van der Waals surface area contributed by atoms with Crippen molar-refractivity contribution in [1.29, 1.82) is 0 Å². The number of nitrogens with zero attached hydrogens (tertiary/aromatic N) is 2. The van der Waals surface area contributed by atoms with E-state index in [1.165, 1.54) is 4.31 Å². The molecule has 0 saturated carbocycles. The van der Waals surface area contributed by atoms with Crippen LogP contribution >= 0.6 is 0 Å². The minimum Gasteiger partial charge on any atom is -0.496 e. The monoisotopic (exact) mass is 357 g/mol. The van der Waals surface area contributed by atoms with E-state index in [0.29, 0.717) is 25.3 Å². The lowest BCUT2D eigenvalue weighted by Gasteiger charge is -2.20. The average Bonchev–Trinajstić information content (AvgIpc) is 2.50. The van der Waals surface area contributed by atoms with Crippen molar-refractivity contribution in [3.8, 4) is 5.75 Å². The zero-order valence-electron chi connectivity index (χ0n) is 14.8. The van der Waals surface area contributed by atoms with Crippen LogP contribution < -0.4 is 10.1 Å². The largest absolute Gasteiger partial charge is 0.496 e. The van der Waals surface area contributed by atoms with Crippen LogP contribution in [0.5, 0.6) is 5.75 Å². The van der Waals surface area contributed by atoms with Gasteiger partial charge in [-0.25, -0.2) is 8.42 Å². The Kier molecular flexibility index (Phi) is 8.17. The minimum atomic E-state index is -3.47. The molecule has 1 aromatic carbocycles. The number of carbonyl (C=O) groups excluding carboxylic acids is 1. The molecule has 0 bridgehead atoms. The summed E-state index contributed by atoms with van der Waals surface area (Å²) < 4.78 is 30.3. The Morgan fingerprint density at radius 2 is 1.88 bits per heavy atom. The summed E-state index contributed by atoms with van der Waals surface area (Å²) in [6.45, 7) is 1.23. The van der Waals surface area contributed by atoms with Crippen molar-refractivity contribution in [1.82, 2.24) is 14.5 Å². The summed E-state index contributed by atoms with van der Waals surface area (Å²) in [4.78, 5) is 13.9. The maximum atomic E-state index is 12.0. The third-order valence-electron chi connectivity index (χ3n) is 3.49. The summed E-state index contributed by atoms with van der Waals surface area (Å²) in [6, 6.07) is 7.44. The molecule has 0 spiro atoms. The molecule has 0 aliphatic rings. The summed E-state index contributed by atoms with van der Waals surface area (Å²) in [5, 5.41) is 2.73. The molecule has 0 aromatic heterocycles. The van der Waals surface area contributed by atoms with E-state index in [0.717, 1.165) is 11.8 Å². The fourth-order valence-corrected chi connectivity index (χ4v) is 2.93. The van der Waals surface area contributed by atoms with Gasteiger partial charge in [0.1, 0.15) is 5.75 Å². The van der Waals surface area contributed by atoms with Gasteiger partial charge >= 0.3 is 0 Å². The number of benzene rings is 1. The molecule has 0 heterocycles. The fraction of sp³-hybridized carbons (Fsp3) is 0.562. The summed E-state index contributed by atoms with van der Waals surface area (Å²) in [7, 11) is 1.91. The van der Waals surface area contributed by atoms with Crippen molar-refractivity contribution in [2.75, 3.05) is 53.6 Å². The molecular weight excluding hydrogens is 330 g/mol. The smallest absolute Gasteiger partial charge is 0.235 e. The number of para-hydroxylation sites is 1. The van der Waals surface area contributed by atoms with Gasteiger partial charge in [0, 0.05) is 19.6 Å². The van der Waals surface area contributed by atoms with Crippen LogP contribution in [0.2, 0.25) is 0 Å². The van der Waals surface area contributed by atoms with Gasteiger partial charge in [-0.05, 0) is 32.1 Å². The molecule has 0 radical (unpaired) electrons. The molecule has 1 N–H and O–H groups in total. The maximum absolute atomic E-state index is 12.0. The molecule has 1 aromatic rings. The highest BCUT2D eigenvalue weighted by atomic mass is 32.2. The third kappa shape index (κ3) is 7.29. The highest BCUT2D eigenvalue weighted by Crippen LogP contribution is 2.18. The van der Waals surface area contributed by atoms with Gasteiger partial charge in [0.25, 0.3) is 0 Å². The molecule has 0 unspecified atom stereocenters. The second kappa shape index (κ2) is 9.61. The molecule has 136 valence electrons. The first-order chi connectivity index (χ1) is 11.2. The molecule has 1 rings (SSSR count). The second-order valence-electron chi connectivity index (χ2n) is 5.81. The molecule has 0 aliphatic heterocycles. The Balaban J connectivity index is 2.65. The molecule has 0 saturated heterocycles. The van der Waals surface area contributed by atoms with Gasteiger partial charge in [0.15, 0.2) is 0 Å². The quantitative estimate of drug-likeness (QED) is 0.646. The Hall–Kier alpha value is -1.64. The van der Waals surface area contributed by atoms with Crippen LogP contribution in [0.3, 0.4) is 0 Å². The average molecular weight is 357 g/mol. The summed E-state index contributed by atoms with van der Waals surface area (Å²) in [5.74, 6) is 0.406. The predicted octanol–water partition coefficient (Wildman–Crippen LogP) is 0.177. The van der Waals surface area contributed by atoms with Crippen molar-refractivity contribution >= 4 is 15.9 Å². The summed E-state index contributed by atoms with van der Waals surface area (Å²) in [5.41, 5.74) is 0.904. The SMILES string of the molecule is COc1ccccc1CCN(CC(=O)NCCN(C)C)S(C)(=O)=O. The standard InChI is InChI=1S/C16H27N3O4S/c1-18(2)12-10-17-16(20)13-19(24(4,21)22)11-9-14-7-5-6-8-15(14)23-3/h5-8H,9-13H2,1-4H3,(H,17,20). The van der Waals surface area contributed by atoms with Gasteiger partial charge < -0.3 is 15.0 Å². The molecular formula is C16H27N3O4S. The van der Waals surface area contributed by atoms with Gasteiger partial charge in [0.2, 0.25) is 15.9 Å². The Labute approximate surface area is 144 Å². The third-order valence-corrected chi connectivity index (χ3v) is 4.74. The van der Waals surface area contributed by atoms with E-state index in [2.05, 4.69) is 5.32 Å². The molecule has 7 nitrogen and oxygen atoms in total. The zero-order chi connectivity index (χ0) is 18.2. The van der Waals surface area contributed by atoms with E-state index >= 15 is 0 Å². The van der Waals surface area contributed by atoms with E-state index in [1.807, 2.05) is 43.3 Å². The lowest BCUT2D eigenvalue weighted by Crippen LogP contribution is -2.42. The number of likely N-dealkylation sites (N-methyl/N-ethyl adjacent to an activating group) is 1. The van der Waals surface area contributed by atoms with Gasteiger partial charge in [-0.1, -0.05) is 18.2 Å². The van der Waals surface area contributed by atoms with E-state index < -0.39 is 10.0 Å². The number of hydrogen-bond donors (Lipinski definition) is 1. The van der Waals surface area contributed by atoms with E-state index in [4.69, 9.17) is 4.74 Å². The van der Waals surface area contributed by atoms with Crippen LogP contribution in [0, 0.1) is 0 Å². The Morgan fingerprint density at radius 1 is 1.21 bits per heavy atom. The zero-order valence-corrected chi connectivity index (χ0v) is 15.6. The van der Waals surface area contributed by atoms with Crippen LogP contribution in [0.15, 0.2) is 24.3 Å². The van der Waals surface area contributed by atoms with Crippen molar-refractivity contribution in [2.45, 2.75) is 6.42 Å². The lowest BCUT2D eigenvalue weighted by atomic mass is 10.1. The van der Waals surface area contributed by atoms with Crippen LogP contribution in [0.4, 0.5) is 0 Å². The number of nitrogens with one attached hydrogen (secondary N) is 1. The number of carbonyl (C=O) groups is 1. The van der Waals surface area contributed by atoms with Crippen LogP contribution in [0.25, 0.3) is 0 Å². The van der Waals surface area contributed by atoms with Crippen molar-refractivity contribution in [3.05, 3.63) is 29.8 Å². The molecule has 0 aliphatic carbocycles. The minimum absolute atomic E-state index is 0.179. The highest BCUT2D eigenvalue weighted by Gasteiger charge is 2.20. The lowest BCUT2D eigenvalue weighted by molar-refractivity contribution is -0.121.